The normalized spacial score (nSPS) is 14.8. The second-order valence-corrected chi connectivity index (χ2v) is 6.39. The lowest BCUT2D eigenvalue weighted by molar-refractivity contribution is -0.125. The minimum Gasteiger partial charge on any atom is -0.370 e. The molecule has 0 spiro atoms. The molecule has 3 N–H and O–H groups in total. The van der Waals surface area contributed by atoms with E-state index in [1.165, 1.54) is 6.20 Å². The zero-order chi connectivity index (χ0) is 20.2. The molecule has 1 saturated heterocycles. The number of morpholine rings is 1. The molecule has 1 amide bonds. The van der Waals surface area contributed by atoms with Crippen molar-refractivity contribution in [3.8, 4) is 0 Å². The number of amides is 1. The van der Waals surface area contributed by atoms with E-state index in [1.54, 1.807) is 29.3 Å². The molecule has 0 bridgehead atoms. The third kappa shape index (κ3) is 3.90. The lowest BCUT2D eigenvalue weighted by Crippen LogP contribution is -2.42. The van der Waals surface area contributed by atoms with Crippen molar-refractivity contribution in [2.24, 2.45) is 5.11 Å². The number of anilines is 2. The van der Waals surface area contributed by atoms with Gasteiger partial charge in [0.1, 0.15) is 18.1 Å². The van der Waals surface area contributed by atoms with Gasteiger partial charge in [-0.05, 0) is 29.7 Å². The Morgan fingerprint density at radius 2 is 2.14 bits per heavy atom. The zero-order valence-electron chi connectivity index (χ0n) is 15.4. The number of nitrogens with one attached hydrogen (secondary N) is 3. The van der Waals surface area contributed by atoms with E-state index in [4.69, 9.17) is 10.3 Å². The largest absolute Gasteiger partial charge is 0.370 e. The average Bonchev–Trinajstić information content (AvgIpc) is 2.75. The Bertz CT molecular complexity index is 1150. The predicted octanol–water partition coefficient (Wildman–Crippen LogP) is 2.73. The highest BCUT2D eigenvalue weighted by atomic mass is 16.5. The number of H-pyrrole nitrogens is 1. The molecular weight excluding hydrogens is 372 g/mol. The Kier molecular flexibility index (Phi) is 5.12. The number of fused-ring (bicyclic) bond motifs is 1. The summed E-state index contributed by atoms with van der Waals surface area (Å²) in [7, 11) is 0. The highest BCUT2D eigenvalue weighted by molar-refractivity contribution is 5.94. The van der Waals surface area contributed by atoms with Gasteiger partial charge in [-0.25, -0.2) is 10.5 Å². The van der Waals surface area contributed by atoms with Gasteiger partial charge in [-0.2, -0.15) is 5.11 Å². The number of aromatic nitrogens is 2. The van der Waals surface area contributed by atoms with Gasteiger partial charge in [0.05, 0.1) is 30.6 Å². The quantitative estimate of drug-likeness (QED) is 0.578. The molecule has 0 saturated carbocycles. The van der Waals surface area contributed by atoms with Gasteiger partial charge < -0.3 is 15.0 Å². The van der Waals surface area contributed by atoms with Crippen LogP contribution in [-0.4, -0.2) is 35.6 Å². The first-order valence-corrected chi connectivity index (χ1v) is 8.96. The fourth-order valence-electron chi connectivity index (χ4n) is 3.05. The van der Waals surface area contributed by atoms with E-state index >= 15 is 0 Å². The molecule has 9 nitrogen and oxygen atoms in total. The summed E-state index contributed by atoms with van der Waals surface area (Å²) in [4.78, 5) is 32.9. The van der Waals surface area contributed by atoms with Crippen LogP contribution >= 0.6 is 0 Å². The van der Waals surface area contributed by atoms with Crippen LogP contribution in [0, 0.1) is 5.53 Å². The van der Waals surface area contributed by atoms with Gasteiger partial charge >= 0.3 is 0 Å². The summed E-state index contributed by atoms with van der Waals surface area (Å²) in [6.07, 6.45) is 3.05. The third-order valence-electron chi connectivity index (χ3n) is 4.54. The second kappa shape index (κ2) is 8.03. The van der Waals surface area contributed by atoms with Crippen molar-refractivity contribution in [3.63, 3.8) is 0 Å². The first-order chi connectivity index (χ1) is 14.2. The first kappa shape index (κ1) is 18.5. The molecule has 1 aromatic carbocycles. The fourth-order valence-corrected chi connectivity index (χ4v) is 3.05. The number of rotatable bonds is 5. The summed E-state index contributed by atoms with van der Waals surface area (Å²) in [5.41, 5.74) is 8.95. The number of ether oxygens (including phenoxy) is 1. The van der Waals surface area contributed by atoms with E-state index in [0.29, 0.717) is 24.7 Å². The molecular formula is C20H18N6O3. The van der Waals surface area contributed by atoms with E-state index in [9.17, 15) is 9.59 Å². The van der Waals surface area contributed by atoms with Crippen LogP contribution in [0.25, 0.3) is 16.6 Å². The van der Waals surface area contributed by atoms with Crippen molar-refractivity contribution in [2.45, 2.75) is 0 Å². The summed E-state index contributed by atoms with van der Waals surface area (Å²) in [5.74, 6) is 0.416. The predicted molar refractivity (Wildman–Crippen MR) is 109 cm³/mol. The van der Waals surface area contributed by atoms with Gasteiger partial charge in [-0.15, -0.1) is 0 Å². The number of para-hydroxylation sites is 1. The Labute approximate surface area is 165 Å². The van der Waals surface area contributed by atoms with Gasteiger partial charge in [0.2, 0.25) is 0 Å². The Hall–Kier alpha value is -3.85. The van der Waals surface area contributed by atoms with Gasteiger partial charge in [0, 0.05) is 11.7 Å². The minimum absolute atomic E-state index is 0.0547. The highest BCUT2D eigenvalue weighted by Crippen LogP contribution is 2.19. The molecule has 3 heterocycles. The summed E-state index contributed by atoms with van der Waals surface area (Å²) >= 11 is 0. The molecule has 1 fully saturated rings. The van der Waals surface area contributed by atoms with Crippen molar-refractivity contribution in [3.05, 3.63) is 70.8 Å². The Morgan fingerprint density at radius 1 is 1.28 bits per heavy atom. The minimum atomic E-state index is -0.327. The number of carbonyl (C=O) groups is 1. The molecule has 3 aromatic rings. The van der Waals surface area contributed by atoms with E-state index in [1.807, 2.05) is 24.3 Å². The van der Waals surface area contributed by atoms with Crippen LogP contribution in [0.1, 0.15) is 5.56 Å². The topological polar surface area (TPSA) is 124 Å². The zero-order valence-corrected chi connectivity index (χ0v) is 15.4. The van der Waals surface area contributed by atoms with Crippen LogP contribution in [0.4, 0.5) is 11.5 Å². The van der Waals surface area contributed by atoms with Gasteiger partial charge in [-0.3, -0.25) is 14.5 Å². The highest BCUT2D eigenvalue weighted by Gasteiger charge is 2.20. The molecule has 0 radical (unpaired) electrons. The fraction of sp³-hybridized carbons (Fsp3) is 0.150. The van der Waals surface area contributed by atoms with Gasteiger partial charge in [0.25, 0.3) is 11.5 Å². The third-order valence-corrected chi connectivity index (χ3v) is 4.54. The van der Waals surface area contributed by atoms with E-state index in [0.717, 1.165) is 10.9 Å². The number of benzene rings is 1. The second-order valence-electron chi connectivity index (χ2n) is 6.39. The number of hydrogen-bond donors (Lipinski definition) is 3. The number of nitrogens with zero attached hydrogens (tertiary/aromatic N) is 3. The number of pyridine rings is 2. The molecule has 9 heteroatoms. The maximum absolute atomic E-state index is 12.4. The molecule has 0 unspecified atom stereocenters. The SMILES string of the molecule is N=N/C(=C\Nc1ccc(N2CCOCC2=O)nc1)c1cc2ccccc2[nH]c1=O. The lowest BCUT2D eigenvalue weighted by atomic mass is 10.1. The van der Waals surface area contributed by atoms with Crippen LogP contribution in [0.15, 0.2) is 64.8 Å². The molecule has 0 aliphatic carbocycles. The molecule has 1 aliphatic heterocycles. The number of hydrogen-bond acceptors (Lipinski definition) is 7. The standard InChI is InChI=1S/C20H18N6O3/c21-25-17(15-9-13-3-1-2-4-16(13)24-20(15)28)11-22-14-5-6-18(23-10-14)26-7-8-29-12-19(26)27/h1-6,9-11,21-22H,7-8,12H2,(H,24,28)/b17-11-,25-21?. The molecule has 146 valence electrons. The van der Waals surface area contributed by atoms with Crippen LogP contribution in [-0.2, 0) is 9.53 Å². The van der Waals surface area contributed by atoms with E-state index in [-0.39, 0.29) is 29.3 Å². The first-order valence-electron chi connectivity index (χ1n) is 8.96. The van der Waals surface area contributed by atoms with Crippen LogP contribution in [0.3, 0.4) is 0 Å². The van der Waals surface area contributed by atoms with E-state index in [2.05, 4.69) is 20.4 Å². The molecule has 1 aliphatic rings. The van der Waals surface area contributed by atoms with Gasteiger partial charge in [-0.1, -0.05) is 18.2 Å². The average molecular weight is 390 g/mol. The summed E-state index contributed by atoms with van der Waals surface area (Å²) in [6.45, 7) is 0.995. The van der Waals surface area contributed by atoms with Crippen LogP contribution in [0.2, 0.25) is 0 Å². The summed E-state index contributed by atoms with van der Waals surface area (Å²) < 4.78 is 5.12. The number of carbonyl (C=O) groups excluding carboxylic acids is 1. The maximum Gasteiger partial charge on any atom is 0.258 e. The maximum atomic E-state index is 12.4. The smallest absolute Gasteiger partial charge is 0.258 e. The van der Waals surface area contributed by atoms with Crippen molar-refractivity contribution in [2.75, 3.05) is 30.0 Å². The molecule has 29 heavy (non-hydrogen) atoms. The summed E-state index contributed by atoms with van der Waals surface area (Å²) in [6, 6.07) is 12.6. The van der Waals surface area contributed by atoms with Crippen LogP contribution < -0.4 is 15.8 Å². The Balaban J connectivity index is 1.56. The van der Waals surface area contributed by atoms with Crippen molar-refractivity contribution in [1.82, 2.24) is 9.97 Å². The van der Waals surface area contributed by atoms with Crippen LogP contribution in [0.5, 0.6) is 0 Å². The van der Waals surface area contributed by atoms with Crippen molar-refractivity contribution in [1.29, 1.82) is 5.53 Å². The Morgan fingerprint density at radius 3 is 2.90 bits per heavy atom. The van der Waals surface area contributed by atoms with Crippen molar-refractivity contribution >= 4 is 34.0 Å². The number of aromatic amines is 1. The van der Waals surface area contributed by atoms with Crippen molar-refractivity contribution < 1.29 is 9.53 Å². The van der Waals surface area contributed by atoms with Gasteiger partial charge in [0.15, 0.2) is 0 Å². The molecule has 4 rings (SSSR count). The lowest BCUT2D eigenvalue weighted by Gasteiger charge is -2.25. The summed E-state index contributed by atoms with van der Waals surface area (Å²) in [5, 5.41) is 7.32. The van der Waals surface area contributed by atoms with E-state index < -0.39 is 0 Å². The molecule has 2 aromatic heterocycles. The monoisotopic (exact) mass is 390 g/mol. The molecule has 0 atom stereocenters.